The van der Waals surface area contributed by atoms with Crippen molar-refractivity contribution in [3.8, 4) is 0 Å². The van der Waals surface area contributed by atoms with Crippen molar-refractivity contribution in [2.75, 3.05) is 11.4 Å². The molecule has 1 fully saturated rings. The molecule has 1 aliphatic rings. The fourth-order valence-corrected chi connectivity index (χ4v) is 4.57. The Balaban J connectivity index is 1.82. The van der Waals surface area contributed by atoms with Crippen LogP contribution < -0.4 is 4.31 Å². The molecule has 0 atom stereocenters. The van der Waals surface area contributed by atoms with E-state index in [1.165, 1.54) is 19.2 Å². The average Bonchev–Trinajstić information content (AvgIpc) is 2.68. The molecule has 0 saturated heterocycles. The van der Waals surface area contributed by atoms with E-state index in [-0.39, 0.29) is 16.6 Å². The second-order valence-electron chi connectivity index (χ2n) is 6.65. The first-order valence-corrected chi connectivity index (χ1v) is 10.8. The first-order valence-electron chi connectivity index (χ1n) is 8.93. The highest BCUT2D eigenvalue weighted by molar-refractivity contribution is 7.92. The van der Waals surface area contributed by atoms with E-state index in [0.717, 1.165) is 36.4 Å². The Kier molecular flexibility index (Phi) is 6.07. The van der Waals surface area contributed by atoms with E-state index in [2.05, 4.69) is 0 Å². The molecule has 1 saturated carbocycles. The lowest BCUT2D eigenvalue weighted by Gasteiger charge is -2.22. The highest BCUT2D eigenvalue weighted by Crippen LogP contribution is 2.26. The smallest absolute Gasteiger partial charge is 0.338 e. The summed E-state index contributed by atoms with van der Waals surface area (Å²) < 4.78 is 32.6. The molecule has 0 bridgehead atoms. The molecule has 1 aliphatic carbocycles. The zero-order chi connectivity index (χ0) is 19.4. The van der Waals surface area contributed by atoms with Gasteiger partial charge in [0.05, 0.1) is 16.1 Å². The van der Waals surface area contributed by atoms with Gasteiger partial charge in [-0.1, -0.05) is 30.2 Å². The number of halogens is 1. The molecule has 2 aromatic carbocycles. The molecule has 3 rings (SSSR count). The summed E-state index contributed by atoms with van der Waals surface area (Å²) >= 11 is 5.96. The number of rotatable bonds is 5. The number of carbonyl (C=O) groups excluding carboxylic acids is 1. The minimum atomic E-state index is -3.83. The van der Waals surface area contributed by atoms with Crippen LogP contribution in [0.4, 0.5) is 5.69 Å². The summed E-state index contributed by atoms with van der Waals surface area (Å²) in [5.41, 5.74) is 0.679. The molecule has 5 nitrogen and oxygen atoms in total. The van der Waals surface area contributed by atoms with Crippen LogP contribution in [-0.4, -0.2) is 27.5 Å². The van der Waals surface area contributed by atoms with Crippen molar-refractivity contribution in [2.45, 2.75) is 43.1 Å². The Morgan fingerprint density at radius 3 is 2.48 bits per heavy atom. The molecule has 0 N–H and O–H groups in total. The van der Waals surface area contributed by atoms with Crippen LogP contribution in [0.5, 0.6) is 0 Å². The highest BCUT2D eigenvalue weighted by Gasteiger charge is 2.24. The monoisotopic (exact) mass is 407 g/mol. The van der Waals surface area contributed by atoms with Crippen molar-refractivity contribution < 1.29 is 17.9 Å². The Morgan fingerprint density at radius 2 is 1.78 bits per heavy atom. The van der Waals surface area contributed by atoms with Crippen LogP contribution in [0.1, 0.15) is 42.5 Å². The highest BCUT2D eigenvalue weighted by atomic mass is 35.5. The van der Waals surface area contributed by atoms with Crippen molar-refractivity contribution in [3.63, 3.8) is 0 Å². The van der Waals surface area contributed by atoms with Crippen LogP contribution in [0.15, 0.2) is 53.4 Å². The van der Waals surface area contributed by atoms with Crippen LogP contribution in [0.3, 0.4) is 0 Å². The minimum absolute atomic E-state index is 0.0306. The summed E-state index contributed by atoms with van der Waals surface area (Å²) in [5, 5.41) is 0.444. The van der Waals surface area contributed by atoms with E-state index in [1.54, 1.807) is 36.4 Å². The molecule has 0 aromatic heterocycles. The molecule has 27 heavy (non-hydrogen) atoms. The summed E-state index contributed by atoms with van der Waals surface area (Å²) in [6.45, 7) is 0. The lowest BCUT2D eigenvalue weighted by atomic mass is 9.98. The van der Waals surface area contributed by atoms with Crippen molar-refractivity contribution in [1.82, 2.24) is 0 Å². The third kappa shape index (κ3) is 4.62. The van der Waals surface area contributed by atoms with Crippen LogP contribution in [0.25, 0.3) is 0 Å². The Labute approximate surface area is 165 Å². The molecule has 0 unspecified atom stereocenters. The van der Waals surface area contributed by atoms with Gasteiger partial charge >= 0.3 is 5.97 Å². The number of carbonyl (C=O) groups is 1. The van der Waals surface area contributed by atoms with E-state index < -0.39 is 16.0 Å². The molecule has 0 aliphatic heterocycles. The van der Waals surface area contributed by atoms with E-state index in [4.69, 9.17) is 16.3 Å². The number of nitrogens with zero attached hydrogens (tertiary/aromatic N) is 1. The molecule has 0 spiro atoms. The number of hydrogen-bond donors (Lipinski definition) is 0. The maximum absolute atomic E-state index is 12.9. The van der Waals surface area contributed by atoms with Gasteiger partial charge < -0.3 is 4.74 Å². The number of sulfonamides is 1. The zero-order valence-electron chi connectivity index (χ0n) is 15.1. The van der Waals surface area contributed by atoms with Gasteiger partial charge in [-0.3, -0.25) is 4.31 Å². The van der Waals surface area contributed by atoms with Gasteiger partial charge in [-0.25, -0.2) is 13.2 Å². The van der Waals surface area contributed by atoms with Gasteiger partial charge in [0, 0.05) is 12.1 Å². The fraction of sp³-hybridized carbons (Fsp3) is 0.350. The average molecular weight is 408 g/mol. The van der Waals surface area contributed by atoms with Crippen molar-refractivity contribution in [3.05, 3.63) is 59.1 Å². The molecule has 0 heterocycles. The van der Waals surface area contributed by atoms with Crippen LogP contribution in [0, 0.1) is 0 Å². The van der Waals surface area contributed by atoms with E-state index in [0.29, 0.717) is 10.7 Å². The second kappa shape index (κ2) is 8.31. The lowest BCUT2D eigenvalue weighted by Crippen LogP contribution is -2.27. The summed E-state index contributed by atoms with van der Waals surface area (Å²) in [6.07, 6.45) is 4.91. The van der Waals surface area contributed by atoms with Gasteiger partial charge in [-0.2, -0.15) is 0 Å². The van der Waals surface area contributed by atoms with E-state index in [1.807, 2.05) is 0 Å². The molecule has 2 aromatic rings. The van der Waals surface area contributed by atoms with Crippen LogP contribution in [0.2, 0.25) is 5.02 Å². The maximum Gasteiger partial charge on any atom is 0.338 e. The molecule has 0 amide bonds. The van der Waals surface area contributed by atoms with Crippen molar-refractivity contribution in [2.24, 2.45) is 0 Å². The minimum Gasteiger partial charge on any atom is -0.459 e. The second-order valence-corrected chi connectivity index (χ2v) is 9.05. The predicted octanol–water partition coefficient (Wildman–Crippen LogP) is 4.65. The molecular formula is C20H22ClNO4S. The Bertz CT molecular complexity index is 923. The fourth-order valence-electron chi connectivity index (χ4n) is 3.15. The molecule has 7 heteroatoms. The van der Waals surface area contributed by atoms with Crippen LogP contribution >= 0.6 is 11.6 Å². The molecule has 144 valence electrons. The summed E-state index contributed by atoms with van der Waals surface area (Å²) in [4.78, 5) is 12.5. The van der Waals surface area contributed by atoms with Gasteiger partial charge in [0.2, 0.25) is 0 Å². The Hall–Kier alpha value is -2.05. The van der Waals surface area contributed by atoms with Crippen molar-refractivity contribution >= 4 is 33.3 Å². The quantitative estimate of drug-likeness (QED) is 0.676. The summed E-state index contributed by atoms with van der Waals surface area (Å²) in [6, 6.07) is 12.5. The zero-order valence-corrected chi connectivity index (χ0v) is 16.7. The first-order chi connectivity index (χ1) is 12.9. The molecular weight excluding hydrogens is 386 g/mol. The van der Waals surface area contributed by atoms with E-state index in [9.17, 15) is 13.2 Å². The number of ether oxygens (including phenoxy) is 1. The third-order valence-electron chi connectivity index (χ3n) is 4.73. The predicted molar refractivity (Wildman–Crippen MR) is 106 cm³/mol. The topological polar surface area (TPSA) is 63.7 Å². The van der Waals surface area contributed by atoms with Crippen LogP contribution in [-0.2, 0) is 14.8 Å². The largest absolute Gasteiger partial charge is 0.459 e. The van der Waals surface area contributed by atoms with Gasteiger partial charge in [0.15, 0.2) is 0 Å². The maximum atomic E-state index is 12.9. The summed E-state index contributed by atoms with van der Waals surface area (Å²) in [7, 11) is -2.38. The normalized spacial score (nSPS) is 15.3. The van der Waals surface area contributed by atoms with Gasteiger partial charge in [-0.15, -0.1) is 0 Å². The summed E-state index contributed by atoms with van der Waals surface area (Å²) in [5.74, 6) is -0.482. The standard InChI is InChI=1S/C20H22ClNO4S/c1-22(17-9-6-8-16(21)14-17)27(24,25)19-12-5-7-15(13-19)20(23)26-18-10-3-2-4-11-18/h5-9,12-14,18H,2-4,10-11H2,1H3. The first kappa shape index (κ1) is 19.7. The number of benzene rings is 2. The molecule has 0 radical (unpaired) electrons. The number of esters is 1. The lowest BCUT2D eigenvalue weighted by molar-refractivity contribution is 0.0211. The number of anilines is 1. The van der Waals surface area contributed by atoms with E-state index >= 15 is 0 Å². The number of hydrogen-bond acceptors (Lipinski definition) is 4. The van der Waals surface area contributed by atoms with Gasteiger partial charge in [0.1, 0.15) is 6.10 Å². The van der Waals surface area contributed by atoms with Crippen molar-refractivity contribution in [1.29, 1.82) is 0 Å². The van der Waals surface area contributed by atoms with Gasteiger partial charge in [0.25, 0.3) is 10.0 Å². The third-order valence-corrected chi connectivity index (χ3v) is 6.74. The Morgan fingerprint density at radius 1 is 1.07 bits per heavy atom. The van der Waals surface area contributed by atoms with Gasteiger partial charge in [-0.05, 0) is 62.1 Å². The SMILES string of the molecule is CN(c1cccc(Cl)c1)S(=O)(=O)c1cccc(C(=O)OC2CCCCC2)c1.